The molecule has 1 fully saturated rings. The van der Waals surface area contributed by atoms with Crippen LogP contribution in [-0.4, -0.2) is 62.3 Å². The van der Waals surface area contributed by atoms with E-state index in [4.69, 9.17) is 25.8 Å². The summed E-state index contributed by atoms with van der Waals surface area (Å²) in [6.07, 6.45) is 0.479. The average Bonchev–Trinajstić information content (AvgIpc) is 2.90. The second-order valence-electron chi connectivity index (χ2n) is 10.0. The van der Waals surface area contributed by atoms with E-state index in [-0.39, 0.29) is 30.9 Å². The van der Waals surface area contributed by atoms with Crippen LogP contribution in [0.4, 0.5) is 10.1 Å². The van der Waals surface area contributed by atoms with Crippen molar-refractivity contribution >= 4 is 29.2 Å². The predicted molar refractivity (Wildman–Crippen MR) is 140 cm³/mol. The first-order valence-electron chi connectivity index (χ1n) is 12.6. The van der Waals surface area contributed by atoms with Crippen molar-refractivity contribution in [3.05, 3.63) is 52.8 Å². The Labute approximate surface area is 226 Å². The van der Waals surface area contributed by atoms with Crippen LogP contribution >= 0.6 is 11.6 Å². The number of hydrogen-bond acceptors (Lipinski definition) is 7. The Hall–Kier alpha value is -3.51. The molecule has 2 aliphatic rings. The standard InChI is InChI=1S/C28H31ClFN3O5/c1-18(2)37-23-13-24-22(12-21(23)29)33(16-26(34)36-3)15-25(38-24)27(35)32-10-8-28(17-31,9-11-32)14-19-4-6-20(30)7-5-19/h4-7,12-13,18,25H,8-11,14-16H2,1-3H3. The van der Waals surface area contributed by atoms with E-state index in [9.17, 15) is 19.2 Å². The van der Waals surface area contributed by atoms with Gasteiger partial charge in [0.15, 0.2) is 6.10 Å². The second kappa shape index (κ2) is 11.5. The number of ether oxygens (including phenoxy) is 3. The highest BCUT2D eigenvalue weighted by molar-refractivity contribution is 6.32. The van der Waals surface area contributed by atoms with Crippen LogP contribution < -0.4 is 14.4 Å². The number of nitriles is 1. The lowest BCUT2D eigenvalue weighted by molar-refractivity contribution is -0.142. The molecule has 2 aliphatic heterocycles. The summed E-state index contributed by atoms with van der Waals surface area (Å²) in [5, 5.41) is 10.3. The van der Waals surface area contributed by atoms with E-state index in [1.54, 1.807) is 34.1 Å². The normalized spacial score (nSPS) is 18.3. The Balaban J connectivity index is 1.50. The van der Waals surface area contributed by atoms with Gasteiger partial charge in [0, 0.05) is 19.2 Å². The predicted octanol–water partition coefficient (Wildman–Crippen LogP) is 4.38. The molecule has 2 heterocycles. The summed E-state index contributed by atoms with van der Waals surface area (Å²) in [5.41, 5.74) is 0.823. The highest BCUT2D eigenvalue weighted by Crippen LogP contribution is 2.42. The Morgan fingerprint density at radius 1 is 1.24 bits per heavy atom. The van der Waals surface area contributed by atoms with Crippen molar-refractivity contribution in [2.24, 2.45) is 5.41 Å². The molecule has 1 saturated heterocycles. The zero-order chi connectivity index (χ0) is 27.4. The molecule has 0 saturated carbocycles. The lowest BCUT2D eigenvalue weighted by Gasteiger charge is -2.41. The number of halogens is 2. The van der Waals surface area contributed by atoms with Crippen LogP contribution in [0.15, 0.2) is 36.4 Å². The summed E-state index contributed by atoms with van der Waals surface area (Å²) in [6.45, 7) is 4.59. The van der Waals surface area contributed by atoms with Gasteiger partial charge in [-0.2, -0.15) is 5.26 Å². The van der Waals surface area contributed by atoms with Crippen LogP contribution in [0.2, 0.25) is 5.02 Å². The minimum absolute atomic E-state index is 0.0768. The highest BCUT2D eigenvalue weighted by Gasteiger charge is 2.40. The van der Waals surface area contributed by atoms with Crippen LogP contribution in [-0.2, 0) is 20.7 Å². The molecular weight excluding hydrogens is 513 g/mol. The third-order valence-electron chi connectivity index (χ3n) is 6.92. The molecule has 8 nitrogen and oxygen atoms in total. The van der Waals surface area contributed by atoms with Gasteiger partial charge >= 0.3 is 5.97 Å². The number of nitrogens with zero attached hydrogens (tertiary/aromatic N) is 3. The fourth-order valence-electron chi connectivity index (χ4n) is 4.88. The first kappa shape index (κ1) is 27.5. The average molecular weight is 544 g/mol. The zero-order valence-corrected chi connectivity index (χ0v) is 22.5. The Morgan fingerprint density at radius 2 is 1.92 bits per heavy atom. The van der Waals surface area contributed by atoms with Crippen molar-refractivity contribution in [3.8, 4) is 17.6 Å². The first-order chi connectivity index (χ1) is 18.1. The fraction of sp³-hybridized carbons (Fsp3) is 0.464. The van der Waals surface area contributed by atoms with E-state index in [1.165, 1.54) is 19.2 Å². The van der Waals surface area contributed by atoms with E-state index in [0.29, 0.717) is 54.6 Å². The maximum Gasteiger partial charge on any atom is 0.325 e. The molecule has 0 radical (unpaired) electrons. The van der Waals surface area contributed by atoms with Gasteiger partial charge in [0.2, 0.25) is 0 Å². The molecule has 10 heteroatoms. The maximum absolute atomic E-state index is 13.6. The maximum atomic E-state index is 13.6. The number of hydrogen-bond donors (Lipinski definition) is 0. The molecule has 202 valence electrons. The molecule has 2 aromatic rings. The number of amides is 1. The monoisotopic (exact) mass is 543 g/mol. The molecule has 1 atom stereocenters. The largest absolute Gasteiger partial charge is 0.489 e. The van der Waals surface area contributed by atoms with Crippen molar-refractivity contribution in [3.63, 3.8) is 0 Å². The fourth-order valence-corrected chi connectivity index (χ4v) is 5.08. The van der Waals surface area contributed by atoms with Crippen LogP contribution in [0, 0.1) is 22.6 Å². The van der Waals surface area contributed by atoms with E-state index >= 15 is 0 Å². The summed E-state index contributed by atoms with van der Waals surface area (Å²) in [4.78, 5) is 29.1. The number of benzene rings is 2. The van der Waals surface area contributed by atoms with E-state index in [1.807, 2.05) is 13.8 Å². The van der Waals surface area contributed by atoms with E-state index in [2.05, 4.69) is 6.07 Å². The SMILES string of the molecule is COC(=O)CN1CC(C(=O)N2CCC(C#N)(Cc3ccc(F)cc3)CC2)Oc2cc(OC(C)C)c(Cl)cc21. The minimum atomic E-state index is -0.869. The van der Waals surface area contributed by atoms with Gasteiger partial charge in [-0.3, -0.25) is 9.59 Å². The number of esters is 1. The van der Waals surface area contributed by atoms with Gasteiger partial charge in [-0.25, -0.2) is 4.39 Å². The number of piperidine rings is 1. The number of fused-ring (bicyclic) bond motifs is 1. The molecule has 1 amide bonds. The van der Waals surface area contributed by atoms with Gasteiger partial charge < -0.3 is 24.0 Å². The van der Waals surface area contributed by atoms with Gasteiger partial charge in [-0.15, -0.1) is 0 Å². The first-order valence-corrected chi connectivity index (χ1v) is 12.9. The molecule has 0 N–H and O–H groups in total. The van der Waals surface area contributed by atoms with Gasteiger partial charge in [-0.05, 0) is 56.9 Å². The second-order valence-corrected chi connectivity index (χ2v) is 10.4. The zero-order valence-electron chi connectivity index (χ0n) is 21.7. The number of carbonyl (C=O) groups is 2. The number of methoxy groups -OCH3 is 1. The molecule has 4 rings (SSSR count). The molecule has 0 bridgehead atoms. The highest BCUT2D eigenvalue weighted by atomic mass is 35.5. The number of carbonyl (C=O) groups excluding carboxylic acids is 2. The molecular formula is C28H31ClFN3O5. The van der Waals surface area contributed by atoms with Gasteiger partial charge in [0.05, 0.1) is 42.0 Å². The number of rotatable bonds is 7. The number of likely N-dealkylation sites (tertiary alicyclic amines) is 1. The smallest absolute Gasteiger partial charge is 0.325 e. The van der Waals surface area contributed by atoms with Crippen molar-refractivity contribution in [2.45, 2.75) is 45.3 Å². The topological polar surface area (TPSA) is 92.1 Å². The third kappa shape index (κ3) is 6.13. The molecule has 1 unspecified atom stereocenters. The van der Waals surface area contributed by atoms with Crippen molar-refractivity contribution in [2.75, 3.05) is 38.2 Å². The Bertz CT molecular complexity index is 1220. The quantitative estimate of drug-likeness (QED) is 0.478. The summed E-state index contributed by atoms with van der Waals surface area (Å²) >= 11 is 6.42. The van der Waals surface area contributed by atoms with Crippen LogP contribution in [0.3, 0.4) is 0 Å². The van der Waals surface area contributed by atoms with Crippen molar-refractivity contribution in [1.29, 1.82) is 5.26 Å². The summed E-state index contributed by atoms with van der Waals surface area (Å²) in [5.74, 6) is -0.191. The van der Waals surface area contributed by atoms with Crippen molar-refractivity contribution in [1.82, 2.24) is 4.90 Å². The van der Waals surface area contributed by atoms with Crippen LogP contribution in [0.25, 0.3) is 0 Å². The summed E-state index contributed by atoms with van der Waals surface area (Å²) in [7, 11) is 1.31. The van der Waals surface area contributed by atoms with Gasteiger partial charge in [0.25, 0.3) is 5.91 Å². The molecule has 38 heavy (non-hydrogen) atoms. The van der Waals surface area contributed by atoms with Crippen molar-refractivity contribution < 1.29 is 28.2 Å². The Kier molecular flexibility index (Phi) is 8.32. The third-order valence-corrected chi connectivity index (χ3v) is 7.22. The summed E-state index contributed by atoms with van der Waals surface area (Å²) in [6, 6.07) is 11.9. The van der Waals surface area contributed by atoms with E-state index in [0.717, 1.165) is 5.56 Å². The lowest BCUT2D eigenvalue weighted by atomic mass is 9.75. The van der Waals surface area contributed by atoms with Gasteiger partial charge in [-0.1, -0.05) is 23.7 Å². The van der Waals surface area contributed by atoms with Crippen LogP contribution in [0.1, 0.15) is 32.3 Å². The minimum Gasteiger partial charge on any atom is -0.489 e. The van der Waals surface area contributed by atoms with Crippen LogP contribution in [0.5, 0.6) is 11.5 Å². The molecule has 0 spiro atoms. The summed E-state index contributed by atoms with van der Waals surface area (Å²) < 4.78 is 30.1. The Morgan fingerprint density at radius 3 is 2.53 bits per heavy atom. The van der Waals surface area contributed by atoms with Gasteiger partial charge in [0.1, 0.15) is 23.9 Å². The lowest BCUT2D eigenvalue weighted by Crippen LogP contribution is -2.54. The number of anilines is 1. The molecule has 0 aromatic heterocycles. The molecule has 2 aromatic carbocycles. The molecule has 0 aliphatic carbocycles. The van der Waals surface area contributed by atoms with E-state index < -0.39 is 17.5 Å².